The van der Waals surface area contributed by atoms with E-state index in [0.717, 1.165) is 24.1 Å². The van der Waals surface area contributed by atoms with E-state index in [9.17, 15) is 4.79 Å². The van der Waals surface area contributed by atoms with Crippen LogP contribution in [0.15, 0.2) is 11.4 Å². The Kier molecular flexibility index (Phi) is 4.87. The molecule has 2 bridgehead atoms. The Hall–Kier alpha value is -0.580. The lowest BCUT2D eigenvalue weighted by molar-refractivity contribution is 0.0927. The van der Waals surface area contributed by atoms with Crippen molar-refractivity contribution in [3.8, 4) is 0 Å². The lowest BCUT2D eigenvalue weighted by atomic mass is 9.99. The maximum absolute atomic E-state index is 12.3. The van der Waals surface area contributed by atoms with E-state index in [2.05, 4.69) is 23.6 Å². The number of halogens is 1. The Morgan fingerprint density at radius 3 is 2.74 bits per heavy atom. The molecule has 0 spiro atoms. The minimum atomic E-state index is 0. The van der Waals surface area contributed by atoms with Gasteiger partial charge >= 0.3 is 0 Å². The summed E-state index contributed by atoms with van der Waals surface area (Å²) in [5.41, 5.74) is 1.18. The number of hydrogen-bond donors (Lipinski definition) is 2. The molecule has 1 aromatic rings. The second-order valence-electron chi connectivity index (χ2n) is 5.41. The van der Waals surface area contributed by atoms with Crippen molar-refractivity contribution in [2.45, 2.75) is 57.2 Å². The van der Waals surface area contributed by atoms with E-state index in [1.54, 1.807) is 11.3 Å². The summed E-state index contributed by atoms with van der Waals surface area (Å²) in [5.74, 6) is 0.133. The third-order valence-corrected chi connectivity index (χ3v) is 5.10. The minimum absolute atomic E-state index is 0. The van der Waals surface area contributed by atoms with Crippen molar-refractivity contribution < 1.29 is 4.79 Å². The summed E-state index contributed by atoms with van der Waals surface area (Å²) in [4.78, 5) is 13.2. The number of hydrogen-bond acceptors (Lipinski definition) is 3. The van der Waals surface area contributed by atoms with Crippen LogP contribution in [0.3, 0.4) is 0 Å². The standard InChI is InChI=1S/C14H20N2OS.ClH/c1-2-9-5-6-18-13(9)14(17)16-12-7-10-3-4-11(8-12)15-10;/h5-6,10-12,15H,2-4,7-8H2,1H3,(H,16,17);1H. The van der Waals surface area contributed by atoms with Crippen molar-refractivity contribution in [3.63, 3.8) is 0 Å². The second-order valence-corrected chi connectivity index (χ2v) is 6.32. The number of aryl methyl sites for hydroxylation is 1. The zero-order valence-corrected chi connectivity index (χ0v) is 12.8. The number of amides is 1. The summed E-state index contributed by atoms with van der Waals surface area (Å²) in [6.07, 6.45) is 5.67. The molecule has 2 fully saturated rings. The van der Waals surface area contributed by atoms with Gasteiger partial charge in [0.25, 0.3) is 5.91 Å². The monoisotopic (exact) mass is 300 g/mol. The van der Waals surface area contributed by atoms with Crippen molar-refractivity contribution >= 4 is 29.7 Å². The van der Waals surface area contributed by atoms with E-state index in [1.807, 2.05) is 5.38 Å². The summed E-state index contributed by atoms with van der Waals surface area (Å²) in [6.45, 7) is 2.10. The number of fused-ring (bicyclic) bond motifs is 2. The molecule has 3 rings (SSSR count). The first-order valence-electron chi connectivity index (χ1n) is 6.89. The van der Waals surface area contributed by atoms with Gasteiger partial charge in [0.15, 0.2) is 0 Å². The molecule has 0 radical (unpaired) electrons. The molecule has 1 aromatic heterocycles. The Bertz CT molecular complexity index is 436. The fourth-order valence-corrected chi connectivity index (χ4v) is 4.14. The van der Waals surface area contributed by atoms with Gasteiger partial charge in [0.05, 0.1) is 4.88 Å². The van der Waals surface area contributed by atoms with Gasteiger partial charge in [0.2, 0.25) is 0 Å². The zero-order chi connectivity index (χ0) is 12.5. The van der Waals surface area contributed by atoms with Crippen molar-refractivity contribution in [1.29, 1.82) is 0 Å². The molecule has 106 valence electrons. The van der Waals surface area contributed by atoms with Crippen LogP contribution in [-0.2, 0) is 6.42 Å². The van der Waals surface area contributed by atoms with E-state index in [1.165, 1.54) is 18.4 Å². The van der Waals surface area contributed by atoms with Gasteiger partial charge in [-0.3, -0.25) is 4.79 Å². The van der Waals surface area contributed by atoms with Crippen molar-refractivity contribution in [2.24, 2.45) is 0 Å². The van der Waals surface area contributed by atoms with Gasteiger partial charge in [-0.05, 0) is 49.1 Å². The number of carbonyl (C=O) groups is 1. The fourth-order valence-electron chi connectivity index (χ4n) is 3.24. The van der Waals surface area contributed by atoms with Crippen LogP contribution in [0.1, 0.15) is 47.8 Å². The predicted molar refractivity (Wildman–Crippen MR) is 81.4 cm³/mol. The van der Waals surface area contributed by atoms with Crippen LogP contribution in [0.25, 0.3) is 0 Å². The topological polar surface area (TPSA) is 41.1 Å². The first-order valence-corrected chi connectivity index (χ1v) is 7.77. The van der Waals surface area contributed by atoms with Crippen LogP contribution in [-0.4, -0.2) is 24.0 Å². The quantitative estimate of drug-likeness (QED) is 0.901. The molecular formula is C14H21ClN2OS. The number of thiophene rings is 1. The average molecular weight is 301 g/mol. The Morgan fingerprint density at radius 2 is 2.11 bits per heavy atom. The SMILES string of the molecule is CCc1ccsc1C(=O)NC1CC2CCC(C1)N2.Cl. The van der Waals surface area contributed by atoms with Crippen LogP contribution in [0.2, 0.25) is 0 Å². The molecule has 3 nitrogen and oxygen atoms in total. The number of rotatable bonds is 3. The van der Waals surface area contributed by atoms with Gasteiger partial charge in [0.1, 0.15) is 0 Å². The number of piperidine rings is 1. The highest BCUT2D eigenvalue weighted by Crippen LogP contribution is 2.27. The van der Waals surface area contributed by atoms with Crippen molar-refractivity contribution in [2.75, 3.05) is 0 Å². The van der Waals surface area contributed by atoms with E-state index in [4.69, 9.17) is 0 Å². The van der Waals surface area contributed by atoms with E-state index in [0.29, 0.717) is 18.1 Å². The van der Waals surface area contributed by atoms with E-state index >= 15 is 0 Å². The predicted octanol–water partition coefficient (Wildman–Crippen LogP) is 2.75. The lowest BCUT2D eigenvalue weighted by Gasteiger charge is -2.29. The molecule has 0 saturated carbocycles. The van der Waals surface area contributed by atoms with Crippen LogP contribution in [0.5, 0.6) is 0 Å². The first kappa shape index (κ1) is 14.8. The summed E-state index contributed by atoms with van der Waals surface area (Å²) in [5, 5.41) is 8.84. The summed E-state index contributed by atoms with van der Waals surface area (Å²) in [6, 6.07) is 3.68. The summed E-state index contributed by atoms with van der Waals surface area (Å²) < 4.78 is 0. The minimum Gasteiger partial charge on any atom is -0.348 e. The Morgan fingerprint density at radius 1 is 1.42 bits per heavy atom. The first-order chi connectivity index (χ1) is 8.76. The molecule has 2 saturated heterocycles. The normalized spacial score (nSPS) is 28.8. The molecule has 1 amide bonds. The number of nitrogens with one attached hydrogen (secondary N) is 2. The molecule has 2 aliphatic rings. The highest BCUT2D eigenvalue weighted by molar-refractivity contribution is 7.12. The van der Waals surface area contributed by atoms with E-state index in [-0.39, 0.29) is 18.3 Å². The third-order valence-electron chi connectivity index (χ3n) is 4.14. The average Bonchev–Trinajstić information content (AvgIpc) is 2.95. The molecule has 2 atom stereocenters. The Balaban J connectivity index is 0.00000133. The summed E-state index contributed by atoms with van der Waals surface area (Å²) >= 11 is 1.56. The van der Waals surface area contributed by atoms with Crippen molar-refractivity contribution in [3.05, 3.63) is 21.9 Å². The zero-order valence-electron chi connectivity index (χ0n) is 11.1. The fraction of sp³-hybridized carbons (Fsp3) is 0.643. The van der Waals surface area contributed by atoms with Crippen LogP contribution in [0, 0.1) is 0 Å². The highest BCUT2D eigenvalue weighted by atomic mass is 35.5. The molecule has 2 N–H and O–H groups in total. The molecule has 0 aromatic carbocycles. The molecule has 0 aliphatic carbocycles. The molecular weight excluding hydrogens is 280 g/mol. The molecule has 2 aliphatic heterocycles. The van der Waals surface area contributed by atoms with Crippen LogP contribution < -0.4 is 10.6 Å². The van der Waals surface area contributed by atoms with Gasteiger partial charge in [0, 0.05) is 18.1 Å². The van der Waals surface area contributed by atoms with Gasteiger partial charge in [-0.15, -0.1) is 23.7 Å². The largest absolute Gasteiger partial charge is 0.348 e. The van der Waals surface area contributed by atoms with Gasteiger partial charge in [-0.1, -0.05) is 6.92 Å². The maximum Gasteiger partial charge on any atom is 0.261 e. The molecule has 3 heterocycles. The lowest BCUT2D eigenvalue weighted by Crippen LogP contribution is -2.48. The third kappa shape index (κ3) is 3.12. The van der Waals surface area contributed by atoms with Crippen LogP contribution >= 0.6 is 23.7 Å². The molecule has 19 heavy (non-hydrogen) atoms. The van der Waals surface area contributed by atoms with Crippen molar-refractivity contribution in [1.82, 2.24) is 10.6 Å². The van der Waals surface area contributed by atoms with E-state index < -0.39 is 0 Å². The molecule has 5 heteroatoms. The van der Waals surface area contributed by atoms with Crippen LogP contribution in [0.4, 0.5) is 0 Å². The molecule has 2 unspecified atom stereocenters. The summed E-state index contributed by atoms with van der Waals surface area (Å²) in [7, 11) is 0. The second kappa shape index (κ2) is 6.25. The smallest absolute Gasteiger partial charge is 0.261 e. The van der Waals surface area contributed by atoms with Gasteiger partial charge in [-0.2, -0.15) is 0 Å². The highest BCUT2D eigenvalue weighted by Gasteiger charge is 2.34. The maximum atomic E-state index is 12.3. The Labute approximate surface area is 124 Å². The van der Waals surface area contributed by atoms with Gasteiger partial charge < -0.3 is 10.6 Å². The van der Waals surface area contributed by atoms with Gasteiger partial charge in [-0.25, -0.2) is 0 Å². The number of carbonyl (C=O) groups excluding carboxylic acids is 1.